The summed E-state index contributed by atoms with van der Waals surface area (Å²) in [7, 11) is 0. The van der Waals surface area contributed by atoms with Gasteiger partial charge in [0.25, 0.3) is 0 Å². The Morgan fingerprint density at radius 1 is 1.46 bits per heavy atom. The molecule has 0 N–H and O–H groups in total. The molecule has 1 aromatic rings. The zero-order valence-electron chi connectivity index (χ0n) is 7.31. The molecule has 0 atom stereocenters. The maximum atomic E-state index is 11.2. The zero-order chi connectivity index (χ0) is 9.84. The van der Waals surface area contributed by atoms with Crippen molar-refractivity contribution in [1.82, 2.24) is 0 Å². The SMILES string of the molecule is Cc1cccc(Br)c1CC(=O)CBr. The lowest BCUT2D eigenvalue weighted by Crippen LogP contribution is -2.05. The Labute approximate surface area is 94.8 Å². The van der Waals surface area contributed by atoms with Crippen molar-refractivity contribution in [2.24, 2.45) is 0 Å². The molecule has 0 aromatic heterocycles. The molecule has 3 heteroatoms. The van der Waals surface area contributed by atoms with E-state index in [-0.39, 0.29) is 5.78 Å². The molecule has 0 saturated heterocycles. The molecule has 0 heterocycles. The predicted molar refractivity (Wildman–Crippen MR) is 61.4 cm³/mol. The minimum Gasteiger partial charge on any atom is -0.298 e. The molecule has 0 amide bonds. The van der Waals surface area contributed by atoms with Gasteiger partial charge in [-0.3, -0.25) is 4.79 Å². The van der Waals surface area contributed by atoms with E-state index in [2.05, 4.69) is 31.9 Å². The fourth-order valence-electron chi connectivity index (χ4n) is 1.13. The fraction of sp³-hybridized carbons (Fsp3) is 0.300. The molecule has 70 valence electrons. The number of benzene rings is 1. The van der Waals surface area contributed by atoms with Crippen molar-refractivity contribution in [2.75, 3.05) is 5.33 Å². The number of Topliss-reactive ketones (excluding diaryl/α,β-unsaturated/α-hetero) is 1. The van der Waals surface area contributed by atoms with Crippen LogP contribution in [0, 0.1) is 6.92 Å². The smallest absolute Gasteiger partial charge is 0.147 e. The summed E-state index contributed by atoms with van der Waals surface area (Å²) in [6.07, 6.45) is 0.499. The molecule has 0 aliphatic rings. The summed E-state index contributed by atoms with van der Waals surface area (Å²) in [6, 6.07) is 5.95. The third-order valence-electron chi connectivity index (χ3n) is 1.88. The lowest BCUT2D eigenvalue weighted by molar-refractivity contribution is -0.115. The largest absolute Gasteiger partial charge is 0.298 e. The molecule has 0 radical (unpaired) electrons. The molecule has 0 spiro atoms. The van der Waals surface area contributed by atoms with Gasteiger partial charge in [-0.05, 0) is 24.1 Å². The van der Waals surface area contributed by atoms with Gasteiger partial charge < -0.3 is 0 Å². The van der Waals surface area contributed by atoms with Crippen LogP contribution < -0.4 is 0 Å². The highest BCUT2D eigenvalue weighted by atomic mass is 79.9. The number of carbonyl (C=O) groups is 1. The quantitative estimate of drug-likeness (QED) is 0.783. The molecule has 0 bridgehead atoms. The Morgan fingerprint density at radius 2 is 2.15 bits per heavy atom. The second-order valence-corrected chi connectivity index (χ2v) is 4.30. The average Bonchev–Trinajstić information content (AvgIpc) is 2.11. The summed E-state index contributed by atoms with van der Waals surface area (Å²) in [5.74, 6) is 0.204. The topological polar surface area (TPSA) is 17.1 Å². The minimum absolute atomic E-state index is 0.204. The second kappa shape index (κ2) is 4.91. The number of halogens is 2. The minimum atomic E-state index is 0.204. The normalized spacial score (nSPS) is 10.1. The van der Waals surface area contributed by atoms with Crippen molar-refractivity contribution in [3.8, 4) is 0 Å². The van der Waals surface area contributed by atoms with E-state index in [0.717, 1.165) is 15.6 Å². The Balaban J connectivity index is 2.93. The van der Waals surface area contributed by atoms with Gasteiger partial charge in [-0.15, -0.1) is 0 Å². The van der Waals surface area contributed by atoms with Crippen LogP contribution in [-0.2, 0) is 11.2 Å². The highest BCUT2D eigenvalue weighted by Gasteiger charge is 2.07. The second-order valence-electron chi connectivity index (χ2n) is 2.88. The monoisotopic (exact) mass is 304 g/mol. The molecule has 1 rings (SSSR count). The lowest BCUT2D eigenvalue weighted by Gasteiger charge is -2.05. The van der Waals surface area contributed by atoms with Gasteiger partial charge in [-0.25, -0.2) is 0 Å². The number of carbonyl (C=O) groups excluding carboxylic acids is 1. The maximum Gasteiger partial charge on any atom is 0.147 e. The first-order chi connectivity index (χ1) is 6.15. The molecule has 1 nitrogen and oxygen atoms in total. The molecular formula is C10H10Br2O. The van der Waals surface area contributed by atoms with E-state index in [1.54, 1.807) is 0 Å². The van der Waals surface area contributed by atoms with Gasteiger partial charge in [0, 0.05) is 10.9 Å². The van der Waals surface area contributed by atoms with E-state index in [1.807, 2.05) is 25.1 Å². The van der Waals surface area contributed by atoms with E-state index >= 15 is 0 Å². The van der Waals surface area contributed by atoms with E-state index in [9.17, 15) is 4.79 Å². The lowest BCUT2D eigenvalue weighted by atomic mass is 10.0. The van der Waals surface area contributed by atoms with Gasteiger partial charge in [0.15, 0.2) is 0 Å². The summed E-state index contributed by atoms with van der Waals surface area (Å²) < 4.78 is 1.02. The first kappa shape index (κ1) is 10.9. The highest BCUT2D eigenvalue weighted by molar-refractivity contribution is 9.10. The van der Waals surface area contributed by atoms with Crippen LogP contribution in [0.4, 0.5) is 0 Å². The van der Waals surface area contributed by atoms with E-state index in [0.29, 0.717) is 11.8 Å². The summed E-state index contributed by atoms with van der Waals surface area (Å²) in [6.45, 7) is 2.02. The van der Waals surface area contributed by atoms with Crippen LogP contribution in [0.25, 0.3) is 0 Å². The predicted octanol–water partition coefficient (Wildman–Crippen LogP) is 3.26. The molecule has 0 fully saturated rings. The van der Waals surface area contributed by atoms with E-state index in [4.69, 9.17) is 0 Å². The van der Waals surface area contributed by atoms with Crippen molar-refractivity contribution < 1.29 is 4.79 Å². The Bertz CT molecular complexity index is 300. The van der Waals surface area contributed by atoms with Gasteiger partial charge in [-0.1, -0.05) is 44.0 Å². The summed E-state index contributed by atoms with van der Waals surface area (Å²) in [5.41, 5.74) is 2.25. The van der Waals surface area contributed by atoms with Crippen molar-refractivity contribution in [1.29, 1.82) is 0 Å². The average molecular weight is 306 g/mol. The number of hydrogen-bond donors (Lipinski definition) is 0. The molecule has 0 unspecified atom stereocenters. The standard InChI is InChI=1S/C10H10Br2O/c1-7-3-2-4-10(12)9(7)5-8(13)6-11/h2-4H,5-6H2,1H3. The van der Waals surface area contributed by atoms with Crippen molar-refractivity contribution in [3.63, 3.8) is 0 Å². The van der Waals surface area contributed by atoms with Crippen LogP contribution in [0.3, 0.4) is 0 Å². The zero-order valence-corrected chi connectivity index (χ0v) is 10.5. The molecule has 0 aliphatic heterocycles. The third-order valence-corrected chi connectivity index (χ3v) is 3.24. The third kappa shape index (κ3) is 2.92. The number of ketones is 1. The molecule has 0 aliphatic carbocycles. The van der Waals surface area contributed by atoms with Gasteiger partial charge in [0.1, 0.15) is 5.78 Å². The fourth-order valence-corrected chi connectivity index (χ4v) is 1.94. The van der Waals surface area contributed by atoms with Crippen LogP contribution in [0.2, 0.25) is 0 Å². The number of alkyl halides is 1. The van der Waals surface area contributed by atoms with Crippen LogP contribution in [0.15, 0.2) is 22.7 Å². The maximum absolute atomic E-state index is 11.2. The van der Waals surface area contributed by atoms with Crippen LogP contribution >= 0.6 is 31.9 Å². The van der Waals surface area contributed by atoms with E-state index < -0.39 is 0 Å². The van der Waals surface area contributed by atoms with Gasteiger partial charge in [0.05, 0.1) is 5.33 Å². The van der Waals surface area contributed by atoms with Crippen LogP contribution in [0.1, 0.15) is 11.1 Å². The molecule has 13 heavy (non-hydrogen) atoms. The van der Waals surface area contributed by atoms with Crippen LogP contribution in [-0.4, -0.2) is 11.1 Å². The Hall–Kier alpha value is -0.150. The molecule has 0 saturated carbocycles. The van der Waals surface area contributed by atoms with Gasteiger partial charge >= 0.3 is 0 Å². The highest BCUT2D eigenvalue weighted by Crippen LogP contribution is 2.20. The van der Waals surface area contributed by atoms with Gasteiger partial charge in [-0.2, -0.15) is 0 Å². The van der Waals surface area contributed by atoms with Crippen molar-refractivity contribution in [3.05, 3.63) is 33.8 Å². The molecular weight excluding hydrogens is 296 g/mol. The van der Waals surface area contributed by atoms with Gasteiger partial charge in [0.2, 0.25) is 0 Å². The first-order valence-corrected chi connectivity index (χ1v) is 5.88. The van der Waals surface area contributed by atoms with E-state index in [1.165, 1.54) is 0 Å². The number of rotatable bonds is 3. The summed E-state index contributed by atoms with van der Waals surface area (Å²) >= 11 is 6.59. The molecule has 1 aromatic carbocycles. The van der Waals surface area contributed by atoms with Crippen molar-refractivity contribution >= 4 is 37.6 Å². The number of hydrogen-bond acceptors (Lipinski definition) is 1. The van der Waals surface area contributed by atoms with Crippen LogP contribution in [0.5, 0.6) is 0 Å². The summed E-state index contributed by atoms with van der Waals surface area (Å²) in [4.78, 5) is 11.2. The Kier molecular flexibility index (Phi) is 4.13. The first-order valence-electron chi connectivity index (χ1n) is 3.97. The van der Waals surface area contributed by atoms with Crippen molar-refractivity contribution in [2.45, 2.75) is 13.3 Å². The summed E-state index contributed by atoms with van der Waals surface area (Å²) in [5, 5.41) is 0.424. The number of aryl methyl sites for hydroxylation is 1. The Morgan fingerprint density at radius 3 is 2.69 bits per heavy atom.